The third kappa shape index (κ3) is 7.48. The molecule has 0 aromatic carbocycles. The second-order valence-electron chi connectivity index (χ2n) is 5.97. The Morgan fingerprint density at radius 3 is 1.92 bits per heavy atom. The van der Waals surface area contributed by atoms with Crippen LogP contribution < -0.4 is 21.7 Å². The van der Waals surface area contributed by atoms with E-state index < -0.39 is 54.5 Å². The fourth-order valence-electron chi connectivity index (χ4n) is 1.82. The Morgan fingerprint density at radius 2 is 1.52 bits per heavy atom. The SMILES string of the molecule is CCC(C)C(NC(=O)C(CO)NC(=O)C(C)N)C(=O)NC(C)C(=O)O. The highest BCUT2D eigenvalue weighted by Crippen LogP contribution is 2.09. The van der Waals surface area contributed by atoms with Crippen molar-refractivity contribution in [3.05, 3.63) is 0 Å². The van der Waals surface area contributed by atoms with E-state index in [1.165, 1.54) is 13.8 Å². The van der Waals surface area contributed by atoms with Gasteiger partial charge in [-0.05, 0) is 19.8 Å². The van der Waals surface area contributed by atoms with Crippen molar-refractivity contribution < 1.29 is 29.4 Å². The molecule has 0 aliphatic carbocycles. The molecule has 0 radical (unpaired) electrons. The summed E-state index contributed by atoms with van der Waals surface area (Å²) in [5, 5.41) is 25.2. The topological polar surface area (TPSA) is 171 Å². The van der Waals surface area contributed by atoms with Crippen molar-refractivity contribution in [2.45, 2.75) is 58.3 Å². The first-order chi connectivity index (χ1) is 11.5. The number of carboxylic acid groups (broad SMARTS) is 1. The summed E-state index contributed by atoms with van der Waals surface area (Å²) in [6, 6.07) is -4.27. The molecule has 0 heterocycles. The van der Waals surface area contributed by atoms with Gasteiger partial charge in [-0.2, -0.15) is 0 Å². The first kappa shape index (κ1) is 22.8. The van der Waals surface area contributed by atoms with Crippen LogP contribution in [0.5, 0.6) is 0 Å². The molecule has 0 aliphatic rings. The quantitative estimate of drug-likeness (QED) is 0.260. The number of nitrogens with two attached hydrogens (primary N) is 1. The molecule has 5 atom stereocenters. The third-order valence-corrected chi connectivity index (χ3v) is 3.75. The van der Waals surface area contributed by atoms with Crippen molar-refractivity contribution in [1.82, 2.24) is 16.0 Å². The lowest BCUT2D eigenvalue weighted by Gasteiger charge is -2.26. The highest BCUT2D eigenvalue weighted by Gasteiger charge is 2.31. The fraction of sp³-hybridized carbons (Fsp3) is 0.733. The lowest BCUT2D eigenvalue weighted by molar-refractivity contribution is -0.142. The number of carbonyl (C=O) groups excluding carboxylic acids is 3. The van der Waals surface area contributed by atoms with Gasteiger partial charge in [0.25, 0.3) is 0 Å². The molecule has 10 nitrogen and oxygen atoms in total. The van der Waals surface area contributed by atoms with Crippen LogP contribution in [-0.2, 0) is 19.2 Å². The molecule has 5 unspecified atom stereocenters. The molecule has 25 heavy (non-hydrogen) atoms. The maximum Gasteiger partial charge on any atom is 0.325 e. The lowest BCUT2D eigenvalue weighted by atomic mass is 9.97. The summed E-state index contributed by atoms with van der Waals surface area (Å²) in [4.78, 5) is 47.0. The van der Waals surface area contributed by atoms with E-state index in [1.54, 1.807) is 13.8 Å². The van der Waals surface area contributed by atoms with E-state index in [2.05, 4.69) is 16.0 Å². The number of aliphatic hydroxyl groups is 1. The van der Waals surface area contributed by atoms with Crippen molar-refractivity contribution in [3.8, 4) is 0 Å². The standard InChI is InChI=1S/C15H28N4O6/c1-5-7(2)11(14(23)17-9(4)15(24)25)19-13(22)10(6-20)18-12(21)8(3)16/h7-11,20H,5-6,16H2,1-4H3,(H,17,23)(H,18,21)(H,19,22)(H,24,25). The van der Waals surface area contributed by atoms with Crippen molar-refractivity contribution >= 4 is 23.7 Å². The Kier molecular flexibility index (Phi) is 9.69. The van der Waals surface area contributed by atoms with Crippen LogP contribution in [-0.4, -0.2) is 64.7 Å². The molecule has 0 rings (SSSR count). The van der Waals surface area contributed by atoms with Crippen LogP contribution >= 0.6 is 0 Å². The van der Waals surface area contributed by atoms with Crippen molar-refractivity contribution in [3.63, 3.8) is 0 Å². The first-order valence-corrected chi connectivity index (χ1v) is 8.05. The average Bonchev–Trinajstić information content (AvgIpc) is 2.55. The van der Waals surface area contributed by atoms with Gasteiger partial charge in [-0.15, -0.1) is 0 Å². The number of carbonyl (C=O) groups is 4. The largest absolute Gasteiger partial charge is 0.480 e. The number of hydrogen-bond donors (Lipinski definition) is 6. The van der Waals surface area contributed by atoms with Gasteiger partial charge in [-0.3, -0.25) is 19.2 Å². The number of rotatable bonds is 10. The first-order valence-electron chi connectivity index (χ1n) is 8.05. The van der Waals surface area contributed by atoms with E-state index in [9.17, 15) is 24.3 Å². The van der Waals surface area contributed by atoms with Crippen LogP contribution in [0.3, 0.4) is 0 Å². The molecule has 0 spiro atoms. The van der Waals surface area contributed by atoms with E-state index in [0.29, 0.717) is 6.42 Å². The van der Waals surface area contributed by atoms with E-state index in [1.807, 2.05) is 0 Å². The van der Waals surface area contributed by atoms with Gasteiger partial charge in [0.2, 0.25) is 17.7 Å². The fourth-order valence-corrected chi connectivity index (χ4v) is 1.82. The van der Waals surface area contributed by atoms with Crippen LogP contribution in [0.25, 0.3) is 0 Å². The number of hydrogen-bond acceptors (Lipinski definition) is 6. The van der Waals surface area contributed by atoms with Gasteiger partial charge in [0, 0.05) is 0 Å². The molecule has 144 valence electrons. The molecule has 3 amide bonds. The monoisotopic (exact) mass is 360 g/mol. The highest BCUT2D eigenvalue weighted by molar-refractivity contribution is 5.94. The average molecular weight is 360 g/mol. The van der Waals surface area contributed by atoms with Gasteiger partial charge in [-0.25, -0.2) is 0 Å². The molecule has 0 saturated heterocycles. The molecule has 0 aromatic rings. The zero-order valence-corrected chi connectivity index (χ0v) is 14.9. The van der Waals surface area contributed by atoms with Gasteiger partial charge in [-0.1, -0.05) is 20.3 Å². The third-order valence-electron chi connectivity index (χ3n) is 3.75. The summed E-state index contributed by atoms with van der Waals surface area (Å²) in [5.74, 6) is -3.56. The summed E-state index contributed by atoms with van der Waals surface area (Å²) < 4.78 is 0. The smallest absolute Gasteiger partial charge is 0.325 e. The van der Waals surface area contributed by atoms with Gasteiger partial charge in [0.1, 0.15) is 18.1 Å². The Bertz CT molecular complexity index is 496. The number of aliphatic carboxylic acids is 1. The van der Waals surface area contributed by atoms with Gasteiger partial charge in [0.15, 0.2) is 0 Å². The van der Waals surface area contributed by atoms with E-state index >= 15 is 0 Å². The van der Waals surface area contributed by atoms with Gasteiger partial charge < -0.3 is 31.9 Å². The van der Waals surface area contributed by atoms with Crippen molar-refractivity contribution in [1.29, 1.82) is 0 Å². The summed E-state index contributed by atoms with van der Waals surface area (Å²) in [5.41, 5.74) is 5.40. The summed E-state index contributed by atoms with van der Waals surface area (Å²) in [6.45, 7) is 5.56. The maximum atomic E-state index is 12.3. The molecule has 0 aromatic heterocycles. The van der Waals surface area contributed by atoms with E-state index in [-0.39, 0.29) is 5.92 Å². The van der Waals surface area contributed by atoms with E-state index in [4.69, 9.17) is 10.8 Å². The zero-order chi connectivity index (χ0) is 19.7. The second-order valence-corrected chi connectivity index (χ2v) is 5.97. The van der Waals surface area contributed by atoms with Crippen molar-refractivity contribution in [2.75, 3.05) is 6.61 Å². The predicted octanol–water partition coefficient (Wildman–Crippen LogP) is -2.07. The van der Waals surface area contributed by atoms with Crippen LogP contribution in [0.2, 0.25) is 0 Å². The molecule has 0 saturated carbocycles. The molecule has 7 N–H and O–H groups in total. The van der Waals surface area contributed by atoms with Gasteiger partial charge in [0.05, 0.1) is 12.6 Å². The van der Waals surface area contributed by atoms with Crippen LogP contribution in [0.4, 0.5) is 0 Å². The normalized spacial score (nSPS) is 16.7. The molecular formula is C15H28N4O6. The number of nitrogens with one attached hydrogen (secondary N) is 3. The zero-order valence-electron chi connectivity index (χ0n) is 14.9. The molecular weight excluding hydrogens is 332 g/mol. The molecule has 10 heteroatoms. The molecule has 0 bridgehead atoms. The van der Waals surface area contributed by atoms with Crippen LogP contribution in [0.1, 0.15) is 34.1 Å². The number of aliphatic hydroxyl groups excluding tert-OH is 1. The second kappa shape index (κ2) is 10.6. The summed E-state index contributed by atoms with van der Waals surface area (Å²) in [6.07, 6.45) is 0.538. The lowest BCUT2D eigenvalue weighted by Crippen LogP contribution is -2.59. The van der Waals surface area contributed by atoms with Crippen LogP contribution in [0, 0.1) is 5.92 Å². The Hall–Kier alpha value is -2.20. The highest BCUT2D eigenvalue weighted by atomic mass is 16.4. The predicted molar refractivity (Wildman–Crippen MR) is 89.3 cm³/mol. The summed E-state index contributed by atoms with van der Waals surface area (Å²) >= 11 is 0. The van der Waals surface area contributed by atoms with Crippen LogP contribution in [0.15, 0.2) is 0 Å². The van der Waals surface area contributed by atoms with Gasteiger partial charge >= 0.3 is 5.97 Å². The Labute approximate surface area is 146 Å². The Balaban J connectivity index is 5.11. The van der Waals surface area contributed by atoms with Crippen molar-refractivity contribution in [2.24, 2.45) is 11.7 Å². The Morgan fingerprint density at radius 1 is 0.960 bits per heavy atom. The molecule has 0 fully saturated rings. The summed E-state index contributed by atoms with van der Waals surface area (Å²) in [7, 11) is 0. The van der Waals surface area contributed by atoms with E-state index in [0.717, 1.165) is 0 Å². The molecule has 0 aliphatic heterocycles. The number of carboxylic acids is 1. The minimum atomic E-state index is -1.27. The minimum absolute atomic E-state index is 0.298. The maximum absolute atomic E-state index is 12.3. The number of amides is 3. The minimum Gasteiger partial charge on any atom is -0.480 e.